The Hall–Kier alpha value is -2.40. The molecule has 0 bridgehead atoms. The Morgan fingerprint density at radius 1 is 1.08 bits per heavy atom. The van der Waals surface area contributed by atoms with Gasteiger partial charge in [-0.3, -0.25) is 9.78 Å². The maximum atomic E-state index is 12.0. The van der Waals surface area contributed by atoms with Crippen molar-refractivity contribution in [3.05, 3.63) is 54.4 Å². The molecule has 2 heterocycles. The van der Waals surface area contributed by atoms with Gasteiger partial charge in [0.1, 0.15) is 0 Å². The van der Waals surface area contributed by atoms with E-state index >= 15 is 0 Å². The van der Waals surface area contributed by atoms with Crippen LogP contribution in [0.5, 0.6) is 0 Å². The fourth-order valence-electron chi connectivity index (χ4n) is 2.88. The third kappa shape index (κ3) is 4.80. The van der Waals surface area contributed by atoms with Gasteiger partial charge in [-0.05, 0) is 49.2 Å². The average Bonchev–Trinajstić information content (AvgIpc) is 3.15. The molecule has 2 aromatic rings. The summed E-state index contributed by atoms with van der Waals surface area (Å²) in [5.74, 6) is 0.0254. The predicted octanol–water partition coefficient (Wildman–Crippen LogP) is 2.80. The van der Waals surface area contributed by atoms with E-state index in [0.29, 0.717) is 19.5 Å². The first-order chi connectivity index (χ1) is 11.8. The number of carbonyl (C=O) groups is 1. The van der Waals surface area contributed by atoms with Crippen LogP contribution in [0.25, 0.3) is 0 Å². The summed E-state index contributed by atoms with van der Waals surface area (Å²) in [5.41, 5.74) is 3.07. The number of aromatic nitrogens is 1. The number of amides is 1. The summed E-state index contributed by atoms with van der Waals surface area (Å²) in [4.78, 5) is 18.6. The van der Waals surface area contributed by atoms with E-state index in [-0.39, 0.29) is 5.91 Å². The number of pyridine rings is 1. The maximum absolute atomic E-state index is 12.0. The van der Waals surface area contributed by atoms with Crippen LogP contribution < -0.4 is 15.5 Å². The standard InChI is InChI=1S/C19H24N4O/c24-19(10-12-20-15-17-5-1-2-11-21-17)22-16-6-8-18(9-7-16)23-13-3-4-14-23/h1-2,5-9,11,20H,3-4,10,12-15H2,(H,22,24). The highest BCUT2D eigenvalue weighted by Gasteiger charge is 2.12. The van der Waals surface area contributed by atoms with Crippen LogP contribution in [0.4, 0.5) is 11.4 Å². The molecule has 0 radical (unpaired) electrons. The van der Waals surface area contributed by atoms with Crippen molar-refractivity contribution < 1.29 is 4.79 Å². The molecule has 0 unspecified atom stereocenters. The van der Waals surface area contributed by atoms with Crippen molar-refractivity contribution >= 4 is 17.3 Å². The minimum atomic E-state index is 0.0254. The molecule has 1 aromatic heterocycles. The lowest BCUT2D eigenvalue weighted by Gasteiger charge is -2.17. The lowest BCUT2D eigenvalue weighted by Crippen LogP contribution is -2.22. The van der Waals surface area contributed by atoms with Crippen molar-refractivity contribution in [2.45, 2.75) is 25.8 Å². The minimum absolute atomic E-state index is 0.0254. The zero-order valence-electron chi connectivity index (χ0n) is 13.9. The van der Waals surface area contributed by atoms with Gasteiger partial charge in [0, 0.05) is 50.2 Å². The highest BCUT2D eigenvalue weighted by molar-refractivity contribution is 5.91. The van der Waals surface area contributed by atoms with Crippen LogP contribution in [0.15, 0.2) is 48.7 Å². The van der Waals surface area contributed by atoms with Crippen LogP contribution in [-0.2, 0) is 11.3 Å². The van der Waals surface area contributed by atoms with E-state index in [1.54, 1.807) is 6.20 Å². The quantitative estimate of drug-likeness (QED) is 0.769. The molecule has 3 rings (SSSR count). The van der Waals surface area contributed by atoms with E-state index in [4.69, 9.17) is 0 Å². The van der Waals surface area contributed by atoms with E-state index in [1.807, 2.05) is 30.3 Å². The normalized spacial score (nSPS) is 13.9. The first-order valence-electron chi connectivity index (χ1n) is 8.57. The Balaban J connectivity index is 1.38. The van der Waals surface area contributed by atoms with Crippen LogP contribution in [0.3, 0.4) is 0 Å². The van der Waals surface area contributed by atoms with Gasteiger partial charge in [-0.2, -0.15) is 0 Å². The van der Waals surface area contributed by atoms with Crippen molar-refractivity contribution in [1.82, 2.24) is 10.3 Å². The van der Waals surface area contributed by atoms with Crippen LogP contribution in [0.1, 0.15) is 25.0 Å². The average molecular weight is 324 g/mol. The Bertz CT molecular complexity index is 636. The Morgan fingerprint density at radius 3 is 2.58 bits per heavy atom. The molecular formula is C19H24N4O. The fourth-order valence-corrected chi connectivity index (χ4v) is 2.88. The van der Waals surface area contributed by atoms with Gasteiger partial charge in [0.05, 0.1) is 5.69 Å². The number of benzene rings is 1. The number of hydrogen-bond acceptors (Lipinski definition) is 4. The third-order valence-corrected chi connectivity index (χ3v) is 4.18. The summed E-state index contributed by atoms with van der Waals surface area (Å²) < 4.78 is 0. The summed E-state index contributed by atoms with van der Waals surface area (Å²) >= 11 is 0. The summed E-state index contributed by atoms with van der Waals surface area (Å²) in [6, 6.07) is 13.9. The number of hydrogen-bond donors (Lipinski definition) is 2. The molecule has 1 aromatic carbocycles. The molecule has 0 saturated carbocycles. The maximum Gasteiger partial charge on any atom is 0.225 e. The second-order valence-corrected chi connectivity index (χ2v) is 6.04. The van der Waals surface area contributed by atoms with Gasteiger partial charge >= 0.3 is 0 Å². The molecule has 0 aliphatic carbocycles. The molecule has 1 amide bonds. The molecule has 1 aliphatic heterocycles. The number of nitrogens with zero attached hydrogens (tertiary/aromatic N) is 2. The van der Waals surface area contributed by atoms with Crippen molar-refractivity contribution in [3.63, 3.8) is 0 Å². The van der Waals surface area contributed by atoms with Gasteiger partial charge in [0.25, 0.3) is 0 Å². The van der Waals surface area contributed by atoms with Gasteiger partial charge in [-0.25, -0.2) is 0 Å². The molecule has 1 fully saturated rings. The Labute approximate surface area is 143 Å². The van der Waals surface area contributed by atoms with E-state index < -0.39 is 0 Å². The van der Waals surface area contributed by atoms with E-state index in [2.05, 4.69) is 32.7 Å². The topological polar surface area (TPSA) is 57.3 Å². The van der Waals surface area contributed by atoms with Crippen LogP contribution in [0, 0.1) is 0 Å². The van der Waals surface area contributed by atoms with Crippen LogP contribution in [0.2, 0.25) is 0 Å². The highest BCUT2D eigenvalue weighted by atomic mass is 16.1. The largest absolute Gasteiger partial charge is 0.372 e. The van der Waals surface area contributed by atoms with Crippen LogP contribution >= 0.6 is 0 Å². The predicted molar refractivity (Wildman–Crippen MR) is 97.1 cm³/mol. The molecule has 1 aliphatic rings. The highest BCUT2D eigenvalue weighted by Crippen LogP contribution is 2.22. The van der Waals surface area contributed by atoms with E-state index in [9.17, 15) is 4.79 Å². The lowest BCUT2D eigenvalue weighted by molar-refractivity contribution is -0.116. The Morgan fingerprint density at radius 2 is 1.88 bits per heavy atom. The molecule has 24 heavy (non-hydrogen) atoms. The van der Waals surface area contributed by atoms with Crippen molar-refractivity contribution in [2.24, 2.45) is 0 Å². The zero-order valence-corrected chi connectivity index (χ0v) is 13.9. The van der Waals surface area contributed by atoms with Gasteiger partial charge in [0.2, 0.25) is 5.91 Å². The molecule has 2 N–H and O–H groups in total. The number of nitrogens with one attached hydrogen (secondary N) is 2. The van der Waals surface area contributed by atoms with Crippen molar-refractivity contribution in [2.75, 3.05) is 29.9 Å². The summed E-state index contributed by atoms with van der Waals surface area (Å²) in [6.45, 7) is 3.58. The monoisotopic (exact) mass is 324 g/mol. The van der Waals surface area contributed by atoms with Gasteiger partial charge < -0.3 is 15.5 Å². The van der Waals surface area contributed by atoms with Crippen molar-refractivity contribution in [3.8, 4) is 0 Å². The first kappa shape index (κ1) is 16.5. The van der Waals surface area contributed by atoms with Crippen LogP contribution in [-0.4, -0.2) is 30.5 Å². The molecule has 0 spiro atoms. The Kier molecular flexibility index (Phi) is 5.80. The second kappa shape index (κ2) is 8.45. The minimum Gasteiger partial charge on any atom is -0.372 e. The molecule has 5 nitrogen and oxygen atoms in total. The van der Waals surface area contributed by atoms with E-state index in [1.165, 1.54) is 18.5 Å². The summed E-state index contributed by atoms with van der Waals surface area (Å²) in [6.07, 6.45) is 4.75. The third-order valence-electron chi connectivity index (χ3n) is 4.18. The summed E-state index contributed by atoms with van der Waals surface area (Å²) in [5, 5.41) is 6.18. The van der Waals surface area contributed by atoms with Gasteiger partial charge in [-0.1, -0.05) is 6.07 Å². The summed E-state index contributed by atoms with van der Waals surface area (Å²) in [7, 11) is 0. The first-order valence-corrected chi connectivity index (χ1v) is 8.57. The number of rotatable bonds is 7. The smallest absolute Gasteiger partial charge is 0.225 e. The molecule has 126 valence electrons. The van der Waals surface area contributed by atoms with Gasteiger partial charge in [0.15, 0.2) is 0 Å². The van der Waals surface area contributed by atoms with Crippen molar-refractivity contribution in [1.29, 1.82) is 0 Å². The molecule has 0 atom stereocenters. The second-order valence-electron chi connectivity index (χ2n) is 6.04. The van der Waals surface area contributed by atoms with Gasteiger partial charge in [-0.15, -0.1) is 0 Å². The number of anilines is 2. The zero-order chi connectivity index (χ0) is 16.6. The lowest BCUT2D eigenvalue weighted by atomic mass is 10.2. The SMILES string of the molecule is O=C(CCNCc1ccccn1)Nc1ccc(N2CCCC2)cc1. The molecule has 1 saturated heterocycles. The number of carbonyl (C=O) groups excluding carboxylic acids is 1. The molecule has 5 heteroatoms. The fraction of sp³-hybridized carbons (Fsp3) is 0.368. The van der Waals surface area contributed by atoms with E-state index in [0.717, 1.165) is 24.5 Å². The molecular weight excluding hydrogens is 300 g/mol.